The van der Waals surface area contributed by atoms with Gasteiger partial charge in [-0.05, 0) is 71.3 Å². The van der Waals surface area contributed by atoms with Crippen molar-refractivity contribution in [2.75, 3.05) is 0 Å². The lowest BCUT2D eigenvalue weighted by atomic mass is 9.97. The monoisotopic (exact) mass is 806 g/mol. The molecule has 0 amide bonds. The number of para-hydroxylation sites is 4. The number of aromatic nitrogens is 4. The molecule has 13 rings (SSSR count). The van der Waals surface area contributed by atoms with E-state index in [9.17, 15) is 0 Å². The Kier molecular flexibility index (Phi) is 7.80. The minimum atomic E-state index is 0.547. The molecule has 0 aliphatic rings. The zero-order valence-electron chi connectivity index (χ0n) is 33.7. The third-order valence-corrected chi connectivity index (χ3v) is 12.3. The Hall–Kier alpha value is -8.61. The van der Waals surface area contributed by atoms with Crippen molar-refractivity contribution in [3.05, 3.63) is 206 Å². The molecule has 0 fully saturated rings. The lowest BCUT2D eigenvalue weighted by molar-refractivity contribution is 0.668. The molecule has 9 aromatic carbocycles. The summed E-state index contributed by atoms with van der Waals surface area (Å²) >= 11 is 0. The van der Waals surface area contributed by atoms with Gasteiger partial charge in [0.25, 0.3) is 0 Å². The molecule has 4 heterocycles. The van der Waals surface area contributed by atoms with E-state index in [1.807, 2.05) is 36.4 Å². The first-order valence-electron chi connectivity index (χ1n) is 21.1. The molecule has 6 heteroatoms. The van der Waals surface area contributed by atoms with Gasteiger partial charge in [0.1, 0.15) is 22.3 Å². The molecule has 0 saturated carbocycles. The van der Waals surface area contributed by atoms with Gasteiger partial charge in [-0.2, -0.15) is 0 Å². The molecule has 0 bridgehead atoms. The van der Waals surface area contributed by atoms with Gasteiger partial charge in [-0.3, -0.25) is 0 Å². The van der Waals surface area contributed by atoms with Gasteiger partial charge >= 0.3 is 0 Å². The van der Waals surface area contributed by atoms with Gasteiger partial charge < -0.3 is 13.4 Å². The third kappa shape index (κ3) is 5.69. The van der Waals surface area contributed by atoms with Crippen molar-refractivity contribution in [3.8, 4) is 62.1 Å². The van der Waals surface area contributed by atoms with Gasteiger partial charge in [-0.1, -0.05) is 152 Å². The van der Waals surface area contributed by atoms with Crippen molar-refractivity contribution in [2.24, 2.45) is 0 Å². The fourth-order valence-corrected chi connectivity index (χ4v) is 9.34. The van der Waals surface area contributed by atoms with Gasteiger partial charge in [-0.15, -0.1) is 0 Å². The van der Waals surface area contributed by atoms with E-state index in [-0.39, 0.29) is 0 Å². The summed E-state index contributed by atoms with van der Waals surface area (Å²) in [7, 11) is 0. The topological polar surface area (TPSA) is 69.9 Å². The van der Waals surface area contributed by atoms with Crippen LogP contribution in [0.2, 0.25) is 0 Å². The van der Waals surface area contributed by atoms with Crippen molar-refractivity contribution in [2.45, 2.75) is 0 Å². The molecule has 63 heavy (non-hydrogen) atoms. The predicted molar refractivity (Wildman–Crippen MR) is 256 cm³/mol. The molecule has 0 aliphatic heterocycles. The molecule has 0 spiro atoms. The maximum atomic E-state index is 6.72. The summed E-state index contributed by atoms with van der Waals surface area (Å²) in [5.74, 6) is 1.68. The van der Waals surface area contributed by atoms with Gasteiger partial charge in [0.05, 0.1) is 16.7 Å². The van der Waals surface area contributed by atoms with Gasteiger partial charge in [-0.25, -0.2) is 15.0 Å². The van der Waals surface area contributed by atoms with Crippen LogP contribution in [0.3, 0.4) is 0 Å². The molecular weight excluding hydrogens is 773 g/mol. The molecule has 0 N–H and O–H groups in total. The number of hydrogen-bond acceptors (Lipinski definition) is 5. The van der Waals surface area contributed by atoms with Crippen LogP contribution < -0.4 is 0 Å². The maximum absolute atomic E-state index is 6.72. The molecule has 13 aromatic rings. The molecule has 0 atom stereocenters. The first kappa shape index (κ1) is 35.2. The Balaban J connectivity index is 0.961. The smallest absolute Gasteiger partial charge is 0.164 e. The summed E-state index contributed by atoms with van der Waals surface area (Å²) in [6.45, 7) is 0. The number of rotatable bonds is 6. The molecule has 0 saturated heterocycles. The van der Waals surface area contributed by atoms with E-state index >= 15 is 0 Å². The predicted octanol–water partition coefficient (Wildman–Crippen LogP) is 15.1. The standard InChI is InChI=1S/C57H34N4O2/c1-2-13-35(14-3-1)36-25-27-37(28-26-36)55-58-56(38-29-31-44-43-18-7-11-23-50(43)62-52(44)33-38)60-57(59-55)39-30-32-46-53(34-39)63-51-24-12-19-45(54(46)51)42-17-6-10-22-49(42)61-47-20-8-4-15-40(47)41-16-5-9-21-48(41)61/h1-34H. The van der Waals surface area contributed by atoms with E-state index in [0.29, 0.717) is 17.5 Å². The molecule has 4 aromatic heterocycles. The van der Waals surface area contributed by atoms with E-state index in [1.54, 1.807) is 0 Å². The Morgan fingerprint density at radius 1 is 0.302 bits per heavy atom. The van der Waals surface area contributed by atoms with Crippen LogP contribution in [-0.4, -0.2) is 19.5 Å². The lowest BCUT2D eigenvalue weighted by Gasteiger charge is -2.14. The average molecular weight is 807 g/mol. The lowest BCUT2D eigenvalue weighted by Crippen LogP contribution is -2.00. The number of nitrogens with zero attached hydrogens (tertiary/aromatic N) is 4. The molecule has 0 aliphatic carbocycles. The van der Waals surface area contributed by atoms with Crippen molar-refractivity contribution in [1.29, 1.82) is 0 Å². The van der Waals surface area contributed by atoms with Crippen molar-refractivity contribution in [1.82, 2.24) is 19.5 Å². The van der Waals surface area contributed by atoms with Gasteiger partial charge in [0.15, 0.2) is 17.5 Å². The van der Waals surface area contributed by atoms with Crippen LogP contribution in [-0.2, 0) is 0 Å². The Labute approximate surface area is 361 Å². The molecule has 0 radical (unpaired) electrons. The average Bonchev–Trinajstić information content (AvgIpc) is 4.03. The van der Waals surface area contributed by atoms with E-state index in [0.717, 1.165) is 88.5 Å². The summed E-state index contributed by atoms with van der Waals surface area (Å²) < 4.78 is 15.4. The van der Waals surface area contributed by atoms with E-state index in [1.165, 1.54) is 21.8 Å². The minimum absolute atomic E-state index is 0.547. The highest BCUT2D eigenvalue weighted by Crippen LogP contribution is 2.42. The van der Waals surface area contributed by atoms with Gasteiger partial charge in [0.2, 0.25) is 0 Å². The Bertz CT molecular complexity index is 3860. The second kappa shape index (κ2) is 14.0. The highest BCUT2D eigenvalue weighted by atomic mass is 16.3. The number of hydrogen-bond donors (Lipinski definition) is 0. The normalized spacial score (nSPS) is 11.8. The van der Waals surface area contributed by atoms with Crippen molar-refractivity contribution < 1.29 is 8.83 Å². The Morgan fingerprint density at radius 3 is 1.51 bits per heavy atom. The van der Waals surface area contributed by atoms with Gasteiger partial charge in [0, 0.05) is 54.6 Å². The number of benzene rings is 9. The third-order valence-electron chi connectivity index (χ3n) is 12.3. The summed E-state index contributed by atoms with van der Waals surface area (Å²) in [5.41, 5.74) is 13.7. The molecule has 294 valence electrons. The fourth-order valence-electron chi connectivity index (χ4n) is 9.34. The molecule has 0 unspecified atom stereocenters. The number of furan rings is 2. The van der Waals surface area contributed by atoms with Crippen molar-refractivity contribution >= 4 is 65.7 Å². The quantitative estimate of drug-likeness (QED) is 0.167. The van der Waals surface area contributed by atoms with Crippen LogP contribution in [0.25, 0.3) is 128 Å². The van der Waals surface area contributed by atoms with E-state index in [2.05, 4.69) is 174 Å². The summed E-state index contributed by atoms with van der Waals surface area (Å²) in [5, 5.41) is 6.65. The summed E-state index contributed by atoms with van der Waals surface area (Å²) in [6.07, 6.45) is 0. The van der Waals surface area contributed by atoms with Crippen LogP contribution in [0.15, 0.2) is 215 Å². The highest BCUT2D eigenvalue weighted by Gasteiger charge is 2.21. The highest BCUT2D eigenvalue weighted by molar-refractivity contribution is 6.15. The van der Waals surface area contributed by atoms with E-state index in [4.69, 9.17) is 23.8 Å². The second-order valence-electron chi connectivity index (χ2n) is 15.9. The van der Waals surface area contributed by atoms with Crippen LogP contribution >= 0.6 is 0 Å². The maximum Gasteiger partial charge on any atom is 0.164 e. The number of fused-ring (bicyclic) bond motifs is 9. The van der Waals surface area contributed by atoms with Crippen molar-refractivity contribution in [3.63, 3.8) is 0 Å². The SMILES string of the molecule is c1ccc(-c2ccc(-c3nc(-c4ccc5c(c4)oc4ccccc45)nc(-c4ccc5c(c4)oc4cccc(-c6ccccc6-n6c7ccccc7c7ccccc76)c45)n3)cc2)cc1. The van der Waals surface area contributed by atoms with Crippen LogP contribution in [0.1, 0.15) is 0 Å². The molecule has 6 nitrogen and oxygen atoms in total. The summed E-state index contributed by atoms with van der Waals surface area (Å²) in [4.78, 5) is 15.3. The molecular formula is C57H34N4O2. The zero-order chi connectivity index (χ0) is 41.4. The zero-order valence-corrected chi connectivity index (χ0v) is 33.7. The summed E-state index contributed by atoms with van der Waals surface area (Å²) in [6, 6.07) is 71.6. The van der Waals surface area contributed by atoms with Crippen LogP contribution in [0.5, 0.6) is 0 Å². The first-order valence-corrected chi connectivity index (χ1v) is 21.1. The fraction of sp³-hybridized carbons (Fsp3) is 0. The largest absolute Gasteiger partial charge is 0.456 e. The van der Waals surface area contributed by atoms with Crippen LogP contribution in [0.4, 0.5) is 0 Å². The minimum Gasteiger partial charge on any atom is -0.456 e. The second-order valence-corrected chi connectivity index (χ2v) is 15.9. The van der Waals surface area contributed by atoms with E-state index < -0.39 is 0 Å². The first-order chi connectivity index (χ1) is 31.2. The van der Waals surface area contributed by atoms with Crippen LogP contribution in [0, 0.1) is 0 Å². The Morgan fingerprint density at radius 2 is 0.778 bits per heavy atom.